The number of nitrogens with one attached hydrogen (secondary N) is 1. The van der Waals surface area contributed by atoms with Crippen LogP contribution < -0.4 is 5.32 Å². The van der Waals surface area contributed by atoms with Gasteiger partial charge in [-0.25, -0.2) is 0 Å². The molecule has 18 heavy (non-hydrogen) atoms. The van der Waals surface area contributed by atoms with E-state index in [1.807, 2.05) is 0 Å². The van der Waals surface area contributed by atoms with Crippen molar-refractivity contribution >= 4 is 0 Å². The normalized spacial score (nSPS) is 29.8. The van der Waals surface area contributed by atoms with E-state index in [2.05, 4.69) is 29.0 Å². The van der Waals surface area contributed by atoms with E-state index in [0.29, 0.717) is 5.54 Å². The number of rotatable bonds is 5. The monoisotopic (exact) mass is 255 g/mol. The van der Waals surface area contributed by atoms with Gasteiger partial charge in [-0.15, -0.1) is 0 Å². The predicted molar refractivity (Wildman–Crippen MR) is 75.0 cm³/mol. The van der Waals surface area contributed by atoms with E-state index < -0.39 is 0 Å². The number of ether oxygens (including phenoxy) is 1. The quantitative estimate of drug-likeness (QED) is 0.735. The van der Waals surface area contributed by atoms with Gasteiger partial charge in [-0.05, 0) is 26.7 Å². The van der Waals surface area contributed by atoms with Crippen LogP contribution in [0.1, 0.15) is 26.7 Å². The molecule has 0 bridgehead atoms. The van der Waals surface area contributed by atoms with Gasteiger partial charge in [0.1, 0.15) is 0 Å². The molecule has 0 aromatic heterocycles. The molecular formula is C14H29N3O. The first-order chi connectivity index (χ1) is 8.61. The second-order valence-electron chi connectivity index (χ2n) is 6.35. The Hall–Kier alpha value is -0.160. The number of methoxy groups -OCH3 is 1. The lowest BCUT2D eigenvalue weighted by Gasteiger charge is -2.38. The summed E-state index contributed by atoms with van der Waals surface area (Å²) in [6.07, 6.45) is 2.45. The molecule has 1 atom stereocenters. The Morgan fingerprint density at radius 1 is 1.22 bits per heavy atom. The third-order valence-electron chi connectivity index (χ3n) is 4.31. The zero-order valence-electron chi connectivity index (χ0n) is 12.2. The van der Waals surface area contributed by atoms with Crippen LogP contribution in [-0.4, -0.2) is 74.4 Å². The summed E-state index contributed by atoms with van der Waals surface area (Å²) in [5.74, 6) is 0. The molecule has 4 nitrogen and oxygen atoms in total. The molecule has 106 valence electrons. The van der Waals surface area contributed by atoms with Crippen LogP contribution in [0.4, 0.5) is 0 Å². The third kappa shape index (κ3) is 3.92. The summed E-state index contributed by atoms with van der Waals surface area (Å²) in [6.45, 7) is 12.8. The van der Waals surface area contributed by atoms with Crippen LogP contribution in [0.2, 0.25) is 0 Å². The van der Waals surface area contributed by atoms with Gasteiger partial charge in [0.2, 0.25) is 0 Å². The highest BCUT2D eigenvalue weighted by molar-refractivity contribution is 4.95. The van der Waals surface area contributed by atoms with Gasteiger partial charge >= 0.3 is 0 Å². The lowest BCUT2D eigenvalue weighted by atomic mass is 10.0. The van der Waals surface area contributed by atoms with Crippen LogP contribution in [-0.2, 0) is 4.74 Å². The molecule has 0 spiro atoms. The van der Waals surface area contributed by atoms with Gasteiger partial charge in [0.05, 0.1) is 0 Å². The highest BCUT2D eigenvalue weighted by Crippen LogP contribution is 2.23. The Morgan fingerprint density at radius 3 is 2.50 bits per heavy atom. The second kappa shape index (κ2) is 6.33. The maximum Gasteiger partial charge on any atom is 0.0474 e. The molecule has 2 heterocycles. The van der Waals surface area contributed by atoms with Crippen LogP contribution >= 0.6 is 0 Å². The Morgan fingerprint density at radius 2 is 1.94 bits per heavy atom. The van der Waals surface area contributed by atoms with Crippen LogP contribution in [0.5, 0.6) is 0 Å². The Kier molecular flexibility index (Phi) is 5.01. The van der Waals surface area contributed by atoms with Crippen molar-refractivity contribution in [2.45, 2.75) is 38.3 Å². The largest absolute Gasteiger partial charge is 0.385 e. The summed E-state index contributed by atoms with van der Waals surface area (Å²) in [5, 5.41) is 3.62. The topological polar surface area (TPSA) is 27.7 Å². The van der Waals surface area contributed by atoms with Crippen molar-refractivity contribution < 1.29 is 4.74 Å². The van der Waals surface area contributed by atoms with Crippen LogP contribution in [0.3, 0.4) is 0 Å². The highest BCUT2D eigenvalue weighted by atomic mass is 16.5. The van der Waals surface area contributed by atoms with Gasteiger partial charge in [0, 0.05) is 64.6 Å². The van der Waals surface area contributed by atoms with Crippen molar-refractivity contribution in [3.63, 3.8) is 0 Å². The van der Waals surface area contributed by atoms with Crippen LogP contribution in [0, 0.1) is 0 Å². The number of hydrogen-bond acceptors (Lipinski definition) is 4. The molecule has 2 rings (SSSR count). The number of hydrogen-bond donors (Lipinski definition) is 1. The molecule has 2 saturated heterocycles. The molecule has 1 N–H and O–H groups in total. The molecule has 0 saturated carbocycles. The van der Waals surface area contributed by atoms with Gasteiger partial charge < -0.3 is 15.0 Å². The fourth-order valence-electron chi connectivity index (χ4n) is 3.17. The zero-order valence-corrected chi connectivity index (χ0v) is 12.2. The van der Waals surface area contributed by atoms with E-state index in [1.165, 1.54) is 39.1 Å². The van der Waals surface area contributed by atoms with Crippen molar-refractivity contribution in [1.82, 2.24) is 15.1 Å². The minimum Gasteiger partial charge on any atom is -0.385 e. The van der Waals surface area contributed by atoms with Gasteiger partial charge in [0.15, 0.2) is 0 Å². The summed E-state index contributed by atoms with van der Waals surface area (Å²) in [7, 11) is 1.78. The molecule has 0 radical (unpaired) electrons. The molecular weight excluding hydrogens is 226 g/mol. The maximum atomic E-state index is 5.11. The smallest absolute Gasteiger partial charge is 0.0474 e. The summed E-state index contributed by atoms with van der Waals surface area (Å²) < 4.78 is 5.11. The first-order valence-electron chi connectivity index (χ1n) is 7.31. The first kappa shape index (κ1) is 14.3. The minimum absolute atomic E-state index is 0.334. The van der Waals surface area contributed by atoms with Crippen LogP contribution in [0.25, 0.3) is 0 Å². The highest BCUT2D eigenvalue weighted by Gasteiger charge is 2.34. The summed E-state index contributed by atoms with van der Waals surface area (Å²) in [4.78, 5) is 5.25. The Bertz CT molecular complexity index is 249. The molecule has 0 aromatic rings. The molecule has 0 aromatic carbocycles. The van der Waals surface area contributed by atoms with E-state index in [1.54, 1.807) is 7.11 Å². The van der Waals surface area contributed by atoms with Gasteiger partial charge in [0.25, 0.3) is 0 Å². The number of piperazine rings is 1. The van der Waals surface area contributed by atoms with E-state index in [9.17, 15) is 0 Å². The molecule has 0 aliphatic carbocycles. The van der Waals surface area contributed by atoms with Gasteiger partial charge in [-0.2, -0.15) is 0 Å². The van der Waals surface area contributed by atoms with Crippen molar-refractivity contribution in [1.29, 1.82) is 0 Å². The molecule has 1 unspecified atom stereocenters. The lowest BCUT2D eigenvalue weighted by Crippen LogP contribution is -2.51. The lowest BCUT2D eigenvalue weighted by molar-refractivity contribution is 0.0916. The summed E-state index contributed by atoms with van der Waals surface area (Å²) in [5.41, 5.74) is 0.334. The number of nitrogens with zero attached hydrogens (tertiary/aromatic N) is 2. The minimum atomic E-state index is 0.334. The maximum absolute atomic E-state index is 5.11. The molecule has 4 heteroatoms. The van der Waals surface area contributed by atoms with Gasteiger partial charge in [-0.3, -0.25) is 4.90 Å². The van der Waals surface area contributed by atoms with Crippen molar-refractivity contribution in [2.75, 3.05) is 53.0 Å². The fourth-order valence-corrected chi connectivity index (χ4v) is 3.17. The molecule has 2 aliphatic heterocycles. The van der Waals surface area contributed by atoms with Crippen molar-refractivity contribution in [2.24, 2.45) is 0 Å². The standard InChI is InChI=1S/C14H29N3O/c1-14(2)11-13(12-15-14)17-8-6-16(7-9-17)5-4-10-18-3/h13,15H,4-12H2,1-3H3. The average Bonchev–Trinajstić information content (AvgIpc) is 2.71. The van der Waals surface area contributed by atoms with Crippen LogP contribution in [0.15, 0.2) is 0 Å². The predicted octanol–water partition coefficient (Wildman–Crippen LogP) is 0.781. The summed E-state index contributed by atoms with van der Waals surface area (Å²) in [6, 6.07) is 0.751. The van der Waals surface area contributed by atoms with E-state index in [0.717, 1.165) is 25.6 Å². The summed E-state index contributed by atoms with van der Waals surface area (Å²) >= 11 is 0. The van der Waals surface area contributed by atoms with E-state index in [4.69, 9.17) is 4.74 Å². The second-order valence-corrected chi connectivity index (χ2v) is 6.35. The third-order valence-corrected chi connectivity index (χ3v) is 4.31. The van der Waals surface area contributed by atoms with Crippen molar-refractivity contribution in [3.8, 4) is 0 Å². The average molecular weight is 255 g/mol. The van der Waals surface area contributed by atoms with Gasteiger partial charge in [-0.1, -0.05) is 0 Å². The molecule has 2 fully saturated rings. The fraction of sp³-hybridized carbons (Fsp3) is 1.00. The SMILES string of the molecule is COCCCN1CCN(C2CNC(C)(C)C2)CC1. The Balaban J connectivity index is 1.67. The van der Waals surface area contributed by atoms with Crippen molar-refractivity contribution in [3.05, 3.63) is 0 Å². The van der Waals surface area contributed by atoms with E-state index in [-0.39, 0.29) is 0 Å². The zero-order chi connectivity index (χ0) is 13.0. The molecule has 0 amide bonds. The Labute approximate surface area is 112 Å². The van der Waals surface area contributed by atoms with E-state index >= 15 is 0 Å². The molecule has 2 aliphatic rings. The first-order valence-corrected chi connectivity index (χ1v) is 7.31.